The molecule has 0 aromatic heterocycles. The molecule has 0 heterocycles. The van der Waals surface area contributed by atoms with Gasteiger partial charge in [0.2, 0.25) is 23.6 Å². The van der Waals surface area contributed by atoms with Gasteiger partial charge in [-0.1, -0.05) is 26.0 Å². The Hall–Kier alpha value is -3.32. The molecule has 12 nitrogen and oxygen atoms in total. The van der Waals surface area contributed by atoms with Gasteiger partial charge in [0.15, 0.2) is 0 Å². The molecular weight excluding hydrogens is 490 g/mol. The molecular formula is C23H35N5O7S. The van der Waals surface area contributed by atoms with Crippen LogP contribution < -0.4 is 27.4 Å². The molecule has 0 saturated carbocycles. The summed E-state index contributed by atoms with van der Waals surface area (Å²) in [6, 6.07) is 1.01. The summed E-state index contributed by atoms with van der Waals surface area (Å²) in [5.74, 6) is -4.11. The average Bonchev–Trinajstić information content (AvgIpc) is 2.80. The minimum Gasteiger partial charge on any atom is -0.508 e. The van der Waals surface area contributed by atoms with Gasteiger partial charge in [-0.15, -0.1) is 0 Å². The van der Waals surface area contributed by atoms with E-state index in [4.69, 9.17) is 11.5 Å². The number of carbonyl (C=O) groups excluding carboxylic acids is 4. The van der Waals surface area contributed by atoms with E-state index < -0.39 is 60.2 Å². The summed E-state index contributed by atoms with van der Waals surface area (Å²) < 4.78 is 0. The summed E-state index contributed by atoms with van der Waals surface area (Å²) in [6.45, 7) is 3.51. The first-order valence-corrected chi connectivity index (χ1v) is 12.7. The number of aliphatic carboxylic acids is 1. The molecule has 0 radical (unpaired) electrons. The lowest BCUT2D eigenvalue weighted by molar-refractivity contribution is -0.142. The number of aromatic hydroxyl groups is 1. The third-order valence-corrected chi connectivity index (χ3v) is 5.94. The summed E-state index contributed by atoms with van der Waals surface area (Å²) in [5.41, 5.74) is 11.6. The SMILES string of the molecule is CSCCC(NC(=O)C(N)C(C)C)C(=O)NC(CC(N)=O)C(=O)NC(Cc1ccc(O)cc1)C(=O)O. The summed E-state index contributed by atoms with van der Waals surface area (Å²) >= 11 is 1.44. The maximum Gasteiger partial charge on any atom is 0.326 e. The molecule has 1 aromatic rings. The second kappa shape index (κ2) is 14.9. The van der Waals surface area contributed by atoms with Crippen molar-refractivity contribution >= 4 is 41.4 Å². The van der Waals surface area contributed by atoms with Crippen LogP contribution in [-0.2, 0) is 30.4 Å². The van der Waals surface area contributed by atoms with Crippen LogP contribution in [0.3, 0.4) is 0 Å². The minimum atomic E-state index is -1.47. The number of thioether (sulfide) groups is 1. The van der Waals surface area contributed by atoms with E-state index in [-0.39, 0.29) is 24.5 Å². The van der Waals surface area contributed by atoms with E-state index in [1.807, 2.05) is 6.26 Å². The van der Waals surface area contributed by atoms with E-state index in [0.717, 1.165) is 0 Å². The number of carbonyl (C=O) groups is 5. The topological polar surface area (TPSA) is 214 Å². The van der Waals surface area contributed by atoms with Crippen LogP contribution in [0.2, 0.25) is 0 Å². The molecule has 4 unspecified atom stereocenters. The van der Waals surface area contributed by atoms with Gasteiger partial charge in [-0.05, 0) is 42.0 Å². The van der Waals surface area contributed by atoms with Gasteiger partial charge in [0.1, 0.15) is 23.9 Å². The van der Waals surface area contributed by atoms with Crippen LogP contribution in [0.5, 0.6) is 5.75 Å². The highest BCUT2D eigenvalue weighted by molar-refractivity contribution is 7.98. The highest BCUT2D eigenvalue weighted by atomic mass is 32.2. The first-order chi connectivity index (χ1) is 16.8. The van der Waals surface area contributed by atoms with Gasteiger partial charge >= 0.3 is 5.97 Å². The van der Waals surface area contributed by atoms with E-state index in [0.29, 0.717) is 11.3 Å². The Morgan fingerprint density at radius 3 is 1.94 bits per heavy atom. The number of nitrogens with two attached hydrogens (primary N) is 2. The molecule has 0 spiro atoms. The van der Waals surface area contributed by atoms with Crippen molar-refractivity contribution in [1.29, 1.82) is 0 Å². The molecule has 0 aliphatic carbocycles. The van der Waals surface area contributed by atoms with E-state index in [1.54, 1.807) is 13.8 Å². The molecule has 1 rings (SSSR count). The number of benzene rings is 1. The summed E-state index contributed by atoms with van der Waals surface area (Å²) in [5, 5.41) is 26.2. The van der Waals surface area contributed by atoms with E-state index in [1.165, 1.54) is 36.0 Å². The standard InChI is InChI=1S/C23H35N5O7S/c1-12(2)19(25)22(33)26-15(8-9-36-3)20(31)27-16(11-18(24)30)21(32)28-17(23(34)35)10-13-4-6-14(29)7-5-13/h4-7,12,15-17,19,29H,8-11,25H2,1-3H3,(H2,24,30)(H,26,33)(H,27,31)(H,28,32)(H,34,35). The zero-order valence-corrected chi connectivity index (χ0v) is 21.3. The Balaban J connectivity index is 3.01. The van der Waals surface area contributed by atoms with Crippen LogP contribution in [-0.4, -0.2) is 76.0 Å². The van der Waals surface area contributed by atoms with Gasteiger partial charge in [0, 0.05) is 6.42 Å². The van der Waals surface area contributed by atoms with E-state index in [2.05, 4.69) is 16.0 Å². The number of hydrogen-bond acceptors (Lipinski definition) is 8. The quantitative estimate of drug-likeness (QED) is 0.151. The van der Waals surface area contributed by atoms with Crippen LogP contribution in [0.25, 0.3) is 0 Å². The molecule has 0 fully saturated rings. The summed E-state index contributed by atoms with van der Waals surface area (Å²) in [4.78, 5) is 61.6. The first kappa shape index (κ1) is 30.7. The predicted molar refractivity (Wildman–Crippen MR) is 135 cm³/mol. The molecule has 200 valence electrons. The first-order valence-electron chi connectivity index (χ1n) is 11.3. The lowest BCUT2D eigenvalue weighted by Gasteiger charge is -2.25. The number of phenolic OH excluding ortho intramolecular Hbond substituents is 1. The third-order valence-electron chi connectivity index (χ3n) is 5.29. The van der Waals surface area contributed by atoms with Crippen molar-refractivity contribution in [2.45, 2.75) is 57.3 Å². The molecule has 0 bridgehead atoms. The number of primary amides is 1. The van der Waals surface area contributed by atoms with Gasteiger partial charge in [-0.2, -0.15) is 11.8 Å². The Morgan fingerprint density at radius 1 is 0.917 bits per heavy atom. The third kappa shape index (κ3) is 10.5. The van der Waals surface area contributed by atoms with Crippen LogP contribution >= 0.6 is 11.8 Å². The fourth-order valence-corrected chi connectivity index (χ4v) is 3.57. The minimum absolute atomic E-state index is 0.00337. The Morgan fingerprint density at radius 2 is 1.44 bits per heavy atom. The largest absolute Gasteiger partial charge is 0.508 e. The van der Waals surface area contributed by atoms with Crippen LogP contribution in [0.15, 0.2) is 24.3 Å². The fourth-order valence-electron chi connectivity index (χ4n) is 3.10. The molecule has 36 heavy (non-hydrogen) atoms. The van der Waals surface area contributed by atoms with Gasteiger partial charge in [0.05, 0.1) is 12.5 Å². The van der Waals surface area contributed by atoms with Crippen molar-refractivity contribution in [1.82, 2.24) is 16.0 Å². The predicted octanol–water partition coefficient (Wildman–Crippen LogP) is -0.914. The lowest BCUT2D eigenvalue weighted by Crippen LogP contribution is -2.58. The number of rotatable bonds is 15. The normalized spacial score (nSPS) is 14.2. The van der Waals surface area contributed by atoms with Gasteiger partial charge in [-0.25, -0.2) is 4.79 Å². The summed E-state index contributed by atoms with van der Waals surface area (Å²) in [6.07, 6.45) is 1.35. The Kier molecular flexibility index (Phi) is 12.7. The van der Waals surface area contributed by atoms with Crippen molar-refractivity contribution in [2.24, 2.45) is 17.4 Å². The molecule has 1 aromatic carbocycles. The summed E-state index contributed by atoms with van der Waals surface area (Å²) in [7, 11) is 0. The van der Waals surface area contributed by atoms with E-state index in [9.17, 15) is 34.2 Å². The Bertz CT molecular complexity index is 926. The highest BCUT2D eigenvalue weighted by Gasteiger charge is 2.31. The number of phenols is 1. The van der Waals surface area contributed by atoms with Gasteiger partial charge < -0.3 is 37.6 Å². The average molecular weight is 526 g/mol. The number of hydrogen-bond donors (Lipinski definition) is 7. The fraction of sp³-hybridized carbons (Fsp3) is 0.522. The van der Waals surface area contributed by atoms with Crippen molar-refractivity contribution in [2.75, 3.05) is 12.0 Å². The molecule has 13 heteroatoms. The van der Waals surface area contributed by atoms with Gasteiger partial charge in [0.25, 0.3) is 0 Å². The van der Waals surface area contributed by atoms with Crippen molar-refractivity contribution < 1.29 is 34.2 Å². The van der Waals surface area contributed by atoms with Gasteiger partial charge in [-0.3, -0.25) is 19.2 Å². The van der Waals surface area contributed by atoms with Crippen molar-refractivity contribution in [3.05, 3.63) is 29.8 Å². The molecule has 0 aliphatic rings. The molecule has 4 atom stereocenters. The molecule has 9 N–H and O–H groups in total. The monoisotopic (exact) mass is 525 g/mol. The number of carboxylic acids is 1. The number of amides is 4. The van der Waals surface area contributed by atoms with Crippen LogP contribution in [0, 0.1) is 5.92 Å². The zero-order chi connectivity index (χ0) is 27.4. The second-order valence-corrected chi connectivity index (χ2v) is 9.60. The van der Waals surface area contributed by atoms with Crippen LogP contribution in [0.4, 0.5) is 0 Å². The molecule has 0 saturated heterocycles. The molecule has 4 amide bonds. The van der Waals surface area contributed by atoms with Crippen molar-refractivity contribution in [3.63, 3.8) is 0 Å². The zero-order valence-electron chi connectivity index (χ0n) is 20.5. The van der Waals surface area contributed by atoms with E-state index >= 15 is 0 Å². The number of nitrogens with one attached hydrogen (secondary N) is 3. The lowest BCUT2D eigenvalue weighted by atomic mass is 10.0. The Labute approximate surface area is 213 Å². The van der Waals surface area contributed by atoms with Crippen LogP contribution in [0.1, 0.15) is 32.3 Å². The highest BCUT2D eigenvalue weighted by Crippen LogP contribution is 2.12. The number of carboxylic acid groups (broad SMARTS) is 1. The maximum atomic E-state index is 13.0. The smallest absolute Gasteiger partial charge is 0.326 e. The second-order valence-electron chi connectivity index (χ2n) is 8.61. The van der Waals surface area contributed by atoms with Crippen molar-refractivity contribution in [3.8, 4) is 5.75 Å². The molecule has 0 aliphatic heterocycles. The maximum absolute atomic E-state index is 13.0.